The van der Waals surface area contributed by atoms with Gasteiger partial charge in [0.2, 0.25) is 10.0 Å². The lowest BCUT2D eigenvalue weighted by atomic mass is 10.2. The molecule has 0 radical (unpaired) electrons. The molecule has 0 saturated carbocycles. The van der Waals surface area contributed by atoms with E-state index in [1.54, 1.807) is 6.07 Å². The lowest BCUT2D eigenvalue weighted by Gasteiger charge is -2.04. The third-order valence-electron chi connectivity index (χ3n) is 2.96. The van der Waals surface area contributed by atoms with Crippen molar-refractivity contribution >= 4 is 21.4 Å². The molecule has 1 aromatic heterocycles. The lowest BCUT2D eigenvalue weighted by Crippen LogP contribution is -2.22. The minimum Gasteiger partial charge on any atom is -0.313 e. The summed E-state index contributed by atoms with van der Waals surface area (Å²) < 4.78 is 27.5. The van der Waals surface area contributed by atoms with Gasteiger partial charge in [0.15, 0.2) is 0 Å². The molecule has 0 saturated heterocycles. The predicted octanol–water partition coefficient (Wildman–Crippen LogP) is 2.73. The second-order valence-electron chi connectivity index (χ2n) is 4.76. The minimum absolute atomic E-state index is 0.310. The highest BCUT2D eigenvalue weighted by Crippen LogP contribution is 2.20. The Morgan fingerprint density at radius 1 is 1.10 bits per heavy atom. The fourth-order valence-corrected chi connectivity index (χ4v) is 4.11. The Bertz CT molecular complexity index is 651. The van der Waals surface area contributed by atoms with Crippen molar-refractivity contribution < 1.29 is 8.42 Å². The first-order valence-electron chi connectivity index (χ1n) is 6.93. The molecular formula is C15H20N2O2S2. The molecule has 114 valence electrons. The van der Waals surface area contributed by atoms with Gasteiger partial charge in [-0.3, -0.25) is 0 Å². The first-order chi connectivity index (χ1) is 10.1. The molecule has 0 fully saturated rings. The van der Waals surface area contributed by atoms with Crippen LogP contribution in [0.2, 0.25) is 0 Å². The van der Waals surface area contributed by atoms with Crippen LogP contribution >= 0.6 is 11.3 Å². The molecule has 6 heteroatoms. The number of hydrogen-bond acceptors (Lipinski definition) is 4. The second kappa shape index (κ2) is 7.70. The Kier molecular flexibility index (Phi) is 5.93. The molecule has 0 spiro atoms. The zero-order chi connectivity index (χ0) is 15.1. The minimum atomic E-state index is -3.43. The maximum Gasteiger partial charge on any atom is 0.250 e. The van der Waals surface area contributed by atoms with Crippen molar-refractivity contribution in [1.29, 1.82) is 0 Å². The molecule has 0 aliphatic rings. The van der Waals surface area contributed by atoms with Gasteiger partial charge in [-0.2, -0.15) is 0 Å². The molecule has 4 nitrogen and oxygen atoms in total. The van der Waals surface area contributed by atoms with E-state index in [2.05, 4.69) is 17.0 Å². The van der Waals surface area contributed by atoms with Crippen LogP contribution in [0.3, 0.4) is 0 Å². The van der Waals surface area contributed by atoms with E-state index in [9.17, 15) is 8.42 Å². The van der Waals surface area contributed by atoms with Crippen LogP contribution in [-0.4, -0.2) is 15.0 Å². The van der Waals surface area contributed by atoms with Gasteiger partial charge < -0.3 is 5.32 Å². The number of benzene rings is 1. The van der Waals surface area contributed by atoms with Gasteiger partial charge in [-0.1, -0.05) is 37.3 Å². The number of thiophene rings is 1. The first-order valence-corrected chi connectivity index (χ1v) is 9.30. The molecule has 0 aliphatic carbocycles. The standard InChI is InChI=1S/C15H20N2O2S2/c1-2-8-16-10-14-9-15(20-12-14)21(18,19)17-11-13-6-4-3-5-7-13/h3-7,9,12,16-17H,2,8,10-11H2,1H3. The summed E-state index contributed by atoms with van der Waals surface area (Å²) in [6.45, 7) is 4.05. The summed E-state index contributed by atoms with van der Waals surface area (Å²) in [6, 6.07) is 11.2. The van der Waals surface area contributed by atoms with Crippen molar-refractivity contribution in [2.45, 2.75) is 30.6 Å². The molecule has 1 aromatic carbocycles. The van der Waals surface area contributed by atoms with Crippen LogP contribution in [0.1, 0.15) is 24.5 Å². The van der Waals surface area contributed by atoms with E-state index in [4.69, 9.17) is 0 Å². The Labute approximate surface area is 130 Å². The van der Waals surface area contributed by atoms with Crippen molar-refractivity contribution in [3.05, 3.63) is 52.9 Å². The molecule has 0 bridgehead atoms. The maximum atomic E-state index is 12.2. The van der Waals surface area contributed by atoms with Gasteiger partial charge >= 0.3 is 0 Å². The highest BCUT2D eigenvalue weighted by molar-refractivity contribution is 7.91. The highest BCUT2D eigenvalue weighted by Gasteiger charge is 2.16. The molecule has 2 aromatic rings. The van der Waals surface area contributed by atoms with Crippen LogP contribution in [0.4, 0.5) is 0 Å². The first kappa shape index (κ1) is 16.2. The molecule has 2 N–H and O–H groups in total. The van der Waals surface area contributed by atoms with E-state index in [0.29, 0.717) is 17.3 Å². The SMILES string of the molecule is CCCNCc1csc(S(=O)(=O)NCc2ccccc2)c1. The summed E-state index contributed by atoms with van der Waals surface area (Å²) in [7, 11) is -3.43. The summed E-state index contributed by atoms with van der Waals surface area (Å²) in [5.41, 5.74) is 1.95. The lowest BCUT2D eigenvalue weighted by molar-refractivity contribution is 0.583. The normalized spacial score (nSPS) is 11.7. The highest BCUT2D eigenvalue weighted by atomic mass is 32.2. The smallest absolute Gasteiger partial charge is 0.250 e. The van der Waals surface area contributed by atoms with Crippen molar-refractivity contribution in [1.82, 2.24) is 10.0 Å². The topological polar surface area (TPSA) is 58.2 Å². The van der Waals surface area contributed by atoms with Crippen molar-refractivity contribution in [2.24, 2.45) is 0 Å². The van der Waals surface area contributed by atoms with Gasteiger partial charge in [0, 0.05) is 13.1 Å². The average molecular weight is 324 g/mol. The van der Waals surface area contributed by atoms with Crippen molar-refractivity contribution in [3.8, 4) is 0 Å². The Morgan fingerprint density at radius 3 is 2.57 bits per heavy atom. The van der Waals surface area contributed by atoms with Gasteiger partial charge in [-0.25, -0.2) is 13.1 Å². The average Bonchev–Trinajstić information content (AvgIpc) is 2.96. The third-order valence-corrected chi connectivity index (χ3v) is 5.85. The Balaban J connectivity index is 1.96. The quantitative estimate of drug-likeness (QED) is 0.734. The van der Waals surface area contributed by atoms with Crippen molar-refractivity contribution in [3.63, 3.8) is 0 Å². The zero-order valence-electron chi connectivity index (χ0n) is 12.0. The van der Waals surface area contributed by atoms with Crippen LogP contribution in [-0.2, 0) is 23.1 Å². The molecule has 0 amide bonds. The summed E-state index contributed by atoms with van der Waals surface area (Å²) >= 11 is 1.26. The number of hydrogen-bond donors (Lipinski definition) is 2. The Morgan fingerprint density at radius 2 is 1.86 bits per heavy atom. The molecule has 0 atom stereocenters. The summed E-state index contributed by atoms with van der Waals surface area (Å²) in [5, 5.41) is 5.15. The number of nitrogens with one attached hydrogen (secondary N) is 2. The fourth-order valence-electron chi connectivity index (χ4n) is 1.84. The fraction of sp³-hybridized carbons (Fsp3) is 0.333. The molecule has 21 heavy (non-hydrogen) atoms. The second-order valence-corrected chi connectivity index (χ2v) is 7.67. The third kappa shape index (κ3) is 4.93. The zero-order valence-corrected chi connectivity index (χ0v) is 13.6. The molecular weight excluding hydrogens is 304 g/mol. The maximum absolute atomic E-state index is 12.2. The van der Waals surface area contributed by atoms with E-state index in [-0.39, 0.29) is 0 Å². The van der Waals surface area contributed by atoms with E-state index in [0.717, 1.165) is 24.1 Å². The number of rotatable bonds is 8. The van der Waals surface area contributed by atoms with Gasteiger partial charge in [-0.15, -0.1) is 11.3 Å². The van der Waals surface area contributed by atoms with E-state index in [1.807, 2.05) is 35.7 Å². The summed E-state index contributed by atoms with van der Waals surface area (Å²) in [4.78, 5) is 0. The van der Waals surface area contributed by atoms with Crippen LogP contribution in [0.25, 0.3) is 0 Å². The summed E-state index contributed by atoms with van der Waals surface area (Å²) in [5.74, 6) is 0. The van der Waals surface area contributed by atoms with Crippen LogP contribution in [0.5, 0.6) is 0 Å². The molecule has 2 rings (SSSR count). The number of sulfonamides is 1. The van der Waals surface area contributed by atoms with E-state index >= 15 is 0 Å². The van der Waals surface area contributed by atoms with Crippen molar-refractivity contribution in [2.75, 3.05) is 6.54 Å². The largest absolute Gasteiger partial charge is 0.313 e. The monoisotopic (exact) mass is 324 g/mol. The van der Waals surface area contributed by atoms with E-state index in [1.165, 1.54) is 11.3 Å². The Hall–Kier alpha value is -1.21. The van der Waals surface area contributed by atoms with Gasteiger partial charge in [0.1, 0.15) is 4.21 Å². The predicted molar refractivity (Wildman–Crippen MR) is 86.8 cm³/mol. The van der Waals surface area contributed by atoms with Crippen LogP contribution in [0.15, 0.2) is 46.0 Å². The van der Waals surface area contributed by atoms with Crippen LogP contribution in [0, 0.1) is 0 Å². The molecule has 0 aliphatic heterocycles. The van der Waals surface area contributed by atoms with Gasteiger partial charge in [-0.05, 0) is 35.5 Å². The molecule has 0 unspecified atom stereocenters. The summed E-state index contributed by atoms with van der Waals surface area (Å²) in [6.07, 6.45) is 1.06. The van der Waals surface area contributed by atoms with E-state index < -0.39 is 10.0 Å². The van der Waals surface area contributed by atoms with Gasteiger partial charge in [0.25, 0.3) is 0 Å². The van der Waals surface area contributed by atoms with Crippen LogP contribution < -0.4 is 10.0 Å². The molecule has 1 heterocycles. The van der Waals surface area contributed by atoms with Gasteiger partial charge in [0.05, 0.1) is 0 Å².